The van der Waals surface area contributed by atoms with E-state index in [1.54, 1.807) is 12.1 Å². The normalized spacial score (nSPS) is 16.4. The van der Waals surface area contributed by atoms with Gasteiger partial charge < -0.3 is 10.5 Å². The first-order valence-electron chi connectivity index (χ1n) is 6.64. The summed E-state index contributed by atoms with van der Waals surface area (Å²) in [4.78, 5) is 11.1. The summed E-state index contributed by atoms with van der Waals surface area (Å²) in [6.07, 6.45) is 1.91. The summed E-state index contributed by atoms with van der Waals surface area (Å²) in [5.41, 5.74) is 9.99. The number of benzene rings is 1. The summed E-state index contributed by atoms with van der Waals surface area (Å²) in [6.45, 7) is 2.45. The van der Waals surface area contributed by atoms with Crippen molar-refractivity contribution in [2.24, 2.45) is 10.8 Å². The van der Waals surface area contributed by atoms with Crippen LogP contribution in [0.15, 0.2) is 23.3 Å². The minimum Gasteiger partial charge on any atom is -0.490 e. The standard InChI is InChI=1S/C14H18ClN3O2/c1-2-10(16)8-20-13-5-3-9(7-11(13)15)12-4-6-14(19)18-17-12/h3,5,7,10H,2,4,6,8,16H2,1H3,(H,18,19). The molecule has 0 bridgehead atoms. The van der Waals surface area contributed by atoms with Crippen molar-refractivity contribution in [3.63, 3.8) is 0 Å². The molecular weight excluding hydrogens is 278 g/mol. The number of carbonyl (C=O) groups is 1. The predicted octanol–water partition coefficient (Wildman–Crippen LogP) is 2.07. The van der Waals surface area contributed by atoms with E-state index < -0.39 is 0 Å². The Balaban J connectivity index is 2.07. The van der Waals surface area contributed by atoms with Crippen molar-refractivity contribution in [3.05, 3.63) is 28.8 Å². The van der Waals surface area contributed by atoms with Crippen LogP contribution in [0, 0.1) is 0 Å². The monoisotopic (exact) mass is 295 g/mol. The highest BCUT2D eigenvalue weighted by Gasteiger charge is 2.14. The van der Waals surface area contributed by atoms with Crippen molar-refractivity contribution in [2.45, 2.75) is 32.2 Å². The number of ether oxygens (including phenoxy) is 1. The molecule has 20 heavy (non-hydrogen) atoms. The maximum Gasteiger partial charge on any atom is 0.240 e. The molecule has 6 heteroatoms. The lowest BCUT2D eigenvalue weighted by molar-refractivity contribution is -0.121. The molecule has 0 radical (unpaired) electrons. The van der Waals surface area contributed by atoms with Crippen LogP contribution in [0.2, 0.25) is 5.02 Å². The molecular formula is C14H18ClN3O2. The lowest BCUT2D eigenvalue weighted by Crippen LogP contribution is -2.27. The fourth-order valence-electron chi connectivity index (χ4n) is 1.79. The number of amides is 1. The number of halogens is 1. The second kappa shape index (κ2) is 6.72. The quantitative estimate of drug-likeness (QED) is 0.873. The fourth-order valence-corrected chi connectivity index (χ4v) is 2.03. The van der Waals surface area contributed by atoms with E-state index in [9.17, 15) is 4.79 Å². The smallest absolute Gasteiger partial charge is 0.240 e. The summed E-state index contributed by atoms with van der Waals surface area (Å²) in [5.74, 6) is 0.549. The van der Waals surface area contributed by atoms with Crippen LogP contribution >= 0.6 is 11.6 Å². The molecule has 0 aliphatic carbocycles. The number of carbonyl (C=O) groups excluding carboxylic acids is 1. The van der Waals surface area contributed by atoms with Crippen LogP contribution < -0.4 is 15.9 Å². The van der Waals surface area contributed by atoms with Gasteiger partial charge in [-0.25, -0.2) is 5.43 Å². The molecule has 1 aliphatic rings. The number of hydrazone groups is 1. The second-order valence-electron chi connectivity index (χ2n) is 4.72. The van der Waals surface area contributed by atoms with Crippen LogP contribution in [-0.2, 0) is 4.79 Å². The molecule has 0 spiro atoms. The van der Waals surface area contributed by atoms with Gasteiger partial charge in [0, 0.05) is 18.9 Å². The molecule has 5 nitrogen and oxygen atoms in total. The zero-order valence-corrected chi connectivity index (χ0v) is 12.1. The molecule has 1 atom stereocenters. The van der Waals surface area contributed by atoms with E-state index >= 15 is 0 Å². The van der Waals surface area contributed by atoms with E-state index in [-0.39, 0.29) is 11.9 Å². The Kier molecular flexibility index (Phi) is 4.98. The van der Waals surface area contributed by atoms with Gasteiger partial charge in [0.25, 0.3) is 0 Å². The first-order chi connectivity index (χ1) is 9.60. The molecule has 1 unspecified atom stereocenters. The van der Waals surface area contributed by atoms with Crippen molar-refractivity contribution >= 4 is 23.2 Å². The van der Waals surface area contributed by atoms with Crippen LogP contribution in [0.3, 0.4) is 0 Å². The molecule has 1 amide bonds. The fraction of sp³-hybridized carbons (Fsp3) is 0.429. The molecule has 1 aromatic rings. The third kappa shape index (κ3) is 3.71. The highest BCUT2D eigenvalue weighted by atomic mass is 35.5. The summed E-state index contributed by atoms with van der Waals surface area (Å²) in [6, 6.07) is 5.49. The number of rotatable bonds is 5. The van der Waals surface area contributed by atoms with Gasteiger partial charge in [0.05, 0.1) is 10.7 Å². The van der Waals surface area contributed by atoms with Crippen LogP contribution in [0.4, 0.5) is 0 Å². The summed E-state index contributed by atoms with van der Waals surface area (Å²) < 4.78 is 5.58. The maximum absolute atomic E-state index is 11.1. The van der Waals surface area contributed by atoms with Gasteiger partial charge in [0.15, 0.2) is 0 Å². The molecule has 0 aromatic heterocycles. The Bertz CT molecular complexity index is 531. The second-order valence-corrected chi connectivity index (χ2v) is 5.13. The van der Waals surface area contributed by atoms with Gasteiger partial charge in [0.1, 0.15) is 12.4 Å². The van der Waals surface area contributed by atoms with Gasteiger partial charge in [-0.2, -0.15) is 5.10 Å². The molecule has 1 aliphatic heterocycles. The van der Waals surface area contributed by atoms with Crippen LogP contribution in [-0.4, -0.2) is 24.3 Å². The average Bonchev–Trinajstić information content (AvgIpc) is 2.46. The van der Waals surface area contributed by atoms with E-state index in [4.69, 9.17) is 22.1 Å². The van der Waals surface area contributed by atoms with Crippen LogP contribution in [0.5, 0.6) is 5.75 Å². The molecule has 1 heterocycles. The van der Waals surface area contributed by atoms with Crippen molar-refractivity contribution in [1.82, 2.24) is 5.43 Å². The minimum absolute atomic E-state index is 0.00340. The third-order valence-corrected chi connectivity index (χ3v) is 3.44. The van der Waals surface area contributed by atoms with Gasteiger partial charge in [-0.1, -0.05) is 18.5 Å². The van der Waals surface area contributed by atoms with Gasteiger partial charge in [0.2, 0.25) is 5.91 Å². The Morgan fingerprint density at radius 3 is 2.90 bits per heavy atom. The van der Waals surface area contributed by atoms with Gasteiger partial charge >= 0.3 is 0 Å². The minimum atomic E-state index is -0.0617. The number of nitrogens with zero attached hydrogens (tertiary/aromatic N) is 1. The molecule has 0 saturated carbocycles. The Morgan fingerprint density at radius 1 is 1.50 bits per heavy atom. The van der Waals surface area contributed by atoms with E-state index in [0.29, 0.717) is 30.2 Å². The SMILES string of the molecule is CCC(N)COc1ccc(C2=NNC(=O)CC2)cc1Cl. The maximum atomic E-state index is 11.1. The summed E-state index contributed by atoms with van der Waals surface area (Å²) in [5, 5.41) is 4.56. The van der Waals surface area contributed by atoms with Crippen LogP contribution in [0.25, 0.3) is 0 Å². The molecule has 1 aromatic carbocycles. The number of hydrogen-bond acceptors (Lipinski definition) is 4. The van der Waals surface area contributed by atoms with E-state index in [2.05, 4.69) is 10.5 Å². The Morgan fingerprint density at radius 2 is 2.30 bits per heavy atom. The molecule has 2 rings (SSSR count). The van der Waals surface area contributed by atoms with Crippen molar-refractivity contribution in [1.29, 1.82) is 0 Å². The first-order valence-corrected chi connectivity index (χ1v) is 7.01. The van der Waals surface area contributed by atoms with Crippen molar-refractivity contribution < 1.29 is 9.53 Å². The highest BCUT2D eigenvalue weighted by molar-refractivity contribution is 6.32. The van der Waals surface area contributed by atoms with Gasteiger partial charge in [-0.05, 0) is 30.2 Å². The molecule has 0 saturated heterocycles. The van der Waals surface area contributed by atoms with Gasteiger partial charge in [-0.15, -0.1) is 0 Å². The lowest BCUT2D eigenvalue weighted by atomic mass is 10.0. The van der Waals surface area contributed by atoms with Crippen molar-refractivity contribution in [2.75, 3.05) is 6.61 Å². The molecule has 0 fully saturated rings. The summed E-state index contributed by atoms with van der Waals surface area (Å²) in [7, 11) is 0. The Labute approximate surface area is 123 Å². The predicted molar refractivity (Wildman–Crippen MR) is 79.1 cm³/mol. The van der Waals surface area contributed by atoms with E-state index in [1.165, 1.54) is 0 Å². The third-order valence-electron chi connectivity index (χ3n) is 3.15. The first kappa shape index (κ1) is 14.8. The zero-order valence-electron chi connectivity index (χ0n) is 11.4. The van der Waals surface area contributed by atoms with E-state index in [1.807, 2.05) is 13.0 Å². The topological polar surface area (TPSA) is 76.7 Å². The summed E-state index contributed by atoms with van der Waals surface area (Å²) >= 11 is 6.20. The zero-order chi connectivity index (χ0) is 14.5. The van der Waals surface area contributed by atoms with Gasteiger partial charge in [-0.3, -0.25) is 4.79 Å². The number of hydrogen-bond donors (Lipinski definition) is 2. The highest BCUT2D eigenvalue weighted by Crippen LogP contribution is 2.26. The lowest BCUT2D eigenvalue weighted by Gasteiger charge is -2.15. The largest absolute Gasteiger partial charge is 0.490 e. The van der Waals surface area contributed by atoms with Crippen molar-refractivity contribution in [3.8, 4) is 5.75 Å². The molecule has 3 N–H and O–H groups in total. The average molecular weight is 296 g/mol. The number of nitrogens with one attached hydrogen (secondary N) is 1. The van der Waals surface area contributed by atoms with E-state index in [0.717, 1.165) is 17.7 Å². The Hall–Kier alpha value is -1.59. The number of nitrogens with two attached hydrogens (primary N) is 1. The van der Waals surface area contributed by atoms with Crippen LogP contribution in [0.1, 0.15) is 31.7 Å². The molecule has 108 valence electrons.